The average Bonchev–Trinajstić information content (AvgIpc) is 2.85. The van der Waals surface area contributed by atoms with E-state index in [1.165, 1.54) is 46.2 Å². The van der Waals surface area contributed by atoms with Gasteiger partial charge in [-0.2, -0.15) is 0 Å². The van der Waals surface area contributed by atoms with Gasteiger partial charge < -0.3 is 9.47 Å². The molecule has 204 valence electrons. The van der Waals surface area contributed by atoms with E-state index in [-0.39, 0.29) is 18.0 Å². The highest BCUT2D eigenvalue weighted by molar-refractivity contribution is 5.65. The van der Waals surface area contributed by atoms with Gasteiger partial charge in [-0.3, -0.25) is 4.98 Å². The van der Waals surface area contributed by atoms with Crippen LogP contribution in [0.15, 0.2) is 54.7 Å². The zero-order valence-corrected chi connectivity index (χ0v) is 24.9. The molecule has 2 heterocycles. The first-order chi connectivity index (χ1) is 18.0. The number of rotatable bonds is 10. The lowest BCUT2D eigenvalue weighted by Gasteiger charge is -2.34. The Labute approximate surface area is 231 Å². The van der Waals surface area contributed by atoms with E-state index in [2.05, 4.69) is 97.0 Å². The van der Waals surface area contributed by atoms with Crippen LogP contribution in [0.2, 0.25) is 0 Å². The van der Waals surface area contributed by atoms with Gasteiger partial charge in [0.05, 0.1) is 5.69 Å². The van der Waals surface area contributed by atoms with Gasteiger partial charge in [0.2, 0.25) is 0 Å². The van der Waals surface area contributed by atoms with Crippen molar-refractivity contribution in [2.24, 2.45) is 5.41 Å². The molecule has 0 N–H and O–H groups in total. The highest BCUT2D eigenvalue weighted by Gasteiger charge is 2.31. The third-order valence-electron chi connectivity index (χ3n) is 8.44. The second kappa shape index (κ2) is 11.7. The number of pyridine rings is 1. The Morgan fingerprint density at radius 2 is 1.50 bits per heavy atom. The topological polar surface area (TPSA) is 31.4 Å². The Kier molecular flexibility index (Phi) is 8.79. The standard InChI is InChI=1S/C35H47NO2/c1-9-35(10-2,29-15-14-28(24(3)20-29)12-11-19-34(6,7)8)30-16-17-31(25(4)21-30)32-18-13-27(23-36-32)22-33-37-26(5)38-33/h13-18,20-21,23,26,33H,9-12,19,22H2,1-8H3. The number of benzene rings is 2. The maximum absolute atomic E-state index is 5.57. The molecule has 1 aliphatic heterocycles. The first-order valence-corrected chi connectivity index (χ1v) is 14.5. The molecule has 1 aromatic heterocycles. The minimum atomic E-state index is -0.143. The molecule has 0 atom stereocenters. The summed E-state index contributed by atoms with van der Waals surface area (Å²) in [4.78, 5) is 4.78. The first-order valence-electron chi connectivity index (χ1n) is 14.5. The van der Waals surface area contributed by atoms with Crippen molar-refractivity contribution in [3.05, 3.63) is 88.1 Å². The lowest BCUT2D eigenvalue weighted by atomic mass is 9.69. The molecular formula is C35H47NO2. The Morgan fingerprint density at radius 1 is 0.842 bits per heavy atom. The quantitative estimate of drug-likeness (QED) is 0.271. The number of hydrogen-bond donors (Lipinski definition) is 0. The first kappa shape index (κ1) is 28.5. The normalized spacial score (nSPS) is 17.9. The summed E-state index contributed by atoms with van der Waals surface area (Å²) < 4.78 is 11.1. The van der Waals surface area contributed by atoms with E-state index in [1.807, 2.05) is 13.1 Å². The van der Waals surface area contributed by atoms with Crippen LogP contribution in [0.25, 0.3) is 11.3 Å². The van der Waals surface area contributed by atoms with Gasteiger partial charge in [-0.05, 0) is 97.7 Å². The summed E-state index contributed by atoms with van der Waals surface area (Å²) in [6.45, 7) is 18.1. The summed E-state index contributed by atoms with van der Waals surface area (Å²) in [6.07, 6.45) is 8.26. The summed E-state index contributed by atoms with van der Waals surface area (Å²) in [7, 11) is 0. The van der Waals surface area contributed by atoms with Crippen LogP contribution in [-0.2, 0) is 27.7 Å². The van der Waals surface area contributed by atoms with Crippen molar-refractivity contribution < 1.29 is 9.47 Å². The van der Waals surface area contributed by atoms with Gasteiger partial charge in [-0.1, -0.05) is 77.1 Å². The molecule has 0 saturated carbocycles. The predicted molar refractivity (Wildman–Crippen MR) is 158 cm³/mol. The summed E-state index contributed by atoms with van der Waals surface area (Å²) in [5, 5.41) is 0. The molecular weight excluding hydrogens is 466 g/mol. The third-order valence-corrected chi connectivity index (χ3v) is 8.44. The van der Waals surface area contributed by atoms with E-state index < -0.39 is 0 Å². The Hall–Kier alpha value is -2.49. The number of aryl methyl sites for hydroxylation is 3. The van der Waals surface area contributed by atoms with Crippen molar-refractivity contribution >= 4 is 0 Å². The van der Waals surface area contributed by atoms with Crippen molar-refractivity contribution in [2.45, 2.75) is 112 Å². The van der Waals surface area contributed by atoms with Crippen molar-refractivity contribution in [2.75, 3.05) is 0 Å². The average molecular weight is 514 g/mol. The summed E-state index contributed by atoms with van der Waals surface area (Å²) in [6, 6.07) is 18.5. The molecule has 3 aromatic rings. The second-order valence-corrected chi connectivity index (χ2v) is 12.4. The smallest absolute Gasteiger partial charge is 0.167 e. The molecule has 0 bridgehead atoms. The van der Waals surface area contributed by atoms with E-state index in [0.29, 0.717) is 5.41 Å². The van der Waals surface area contributed by atoms with E-state index in [9.17, 15) is 0 Å². The second-order valence-electron chi connectivity index (χ2n) is 12.4. The highest BCUT2D eigenvalue weighted by atomic mass is 16.9. The number of aromatic nitrogens is 1. The molecule has 0 aliphatic carbocycles. The molecule has 0 radical (unpaired) electrons. The number of hydrogen-bond acceptors (Lipinski definition) is 3. The van der Waals surface area contributed by atoms with E-state index in [0.717, 1.165) is 36.9 Å². The fourth-order valence-electron chi connectivity index (χ4n) is 6.00. The van der Waals surface area contributed by atoms with Crippen LogP contribution in [0.3, 0.4) is 0 Å². The number of nitrogens with zero attached hydrogens (tertiary/aromatic N) is 1. The predicted octanol–water partition coefficient (Wildman–Crippen LogP) is 9.10. The molecule has 1 fully saturated rings. The molecule has 3 nitrogen and oxygen atoms in total. The van der Waals surface area contributed by atoms with Crippen LogP contribution in [0, 0.1) is 19.3 Å². The van der Waals surface area contributed by atoms with Gasteiger partial charge >= 0.3 is 0 Å². The Balaban J connectivity index is 1.55. The largest absolute Gasteiger partial charge is 0.324 e. The van der Waals surface area contributed by atoms with Gasteiger partial charge in [0, 0.05) is 23.6 Å². The minimum Gasteiger partial charge on any atom is -0.324 e. The van der Waals surface area contributed by atoms with Crippen LogP contribution in [0.4, 0.5) is 0 Å². The molecule has 1 aliphatic rings. The highest BCUT2D eigenvalue weighted by Crippen LogP contribution is 2.41. The molecule has 0 unspecified atom stereocenters. The van der Waals surface area contributed by atoms with Gasteiger partial charge in [-0.25, -0.2) is 0 Å². The van der Waals surface area contributed by atoms with Crippen LogP contribution in [-0.4, -0.2) is 17.6 Å². The van der Waals surface area contributed by atoms with Crippen LogP contribution < -0.4 is 0 Å². The van der Waals surface area contributed by atoms with Crippen LogP contribution >= 0.6 is 0 Å². The summed E-state index contributed by atoms with van der Waals surface area (Å²) in [5.74, 6) is 0. The summed E-state index contributed by atoms with van der Waals surface area (Å²) >= 11 is 0. The minimum absolute atomic E-state index is 0.00911. The Bertz CT molecular complexity index is 1210. The molecule has 4 rings (SSSR count). The molecule has 0 spiro atoms. The molecule has 2 aromatic carbocycles. The SMILES string of the molecule is CCC(CC)(c1ccc(CCCC(C)(C)C)c(C)c1)c1ccc(-c2ccc(CC3OC(C)O3)cn2)c(C)c1. The fraction of sp³-hybridized carbons (Fsp3) is 0.514. The fourth-order valence-corrected chi connectivity index (χ4v) is 6.00. The van der Waals surface area contributed by atoms with Crippen molar-refractivity contribution in [3.63, 3.8) is 0 Å². The Morgan fingerprint density at radius 3 is 2.03 bits per heavy atom. The number of ether oxygens (including phenoxy) is 2. The molecule has 3 heteroatoms. The molecule has 38 heavy (non-hydrogen) atoms. The third kappa shape index (κ3) is 6.38. The maximum atomic E-state index is 5.57. The van der Waals surface area contributed by atoms with Crippen molar-refractivity contribution in [1.82, 2.24) is 4.98 Å². The van der Waals surface area contributed by atoms with E-state index in [4.69, 9.17) is 14.5 Å². The van der Waals surface area contributed by atoms with Gasteiger partial charge in [-0.15, -0.1) is 0 Å². The monoisotopic (exact) mass is 513 g/mol. The van der Waals surface area contributed by atoms with Crippen LogP contribution in [0.1, 0.15) is 101 Å². The van der Waals surface area contributed by atoms with Crippen molar-refractivity contribution in [1.29, 1.82) is 0 Å². The zero-order chi connectivity index (χ0) is 27.5. The maximum Gasteiger partial charge on any atom is 0.167 e. The van der Waals surface area contributed by atoms with Gasteiger partial charge in [0.1, 0.15) is 0 Å². The molecule has 0 amide bonds. The van der Waals surface area contributed by atoms with Crippen LogP contribution in [0.5, 0.6) is 0 Å². The van der Waals surface area contributed by atoms with E-state index in [1.54, 1.807) is 0 Å². The lowest BCUT2D eigenvalue weighted by molar-refractivity contribution is -0.374. The lowest BCUT2D eigenvalue weighted by Crippen LogP contribution is -2.40. The van der Waals surface area contributed by atoms with Crippen molar-refractivity contribution in [3.8, 4) is 11.3 Å². The zero-order valence-electron chi connectivity index (χ0n) is 24.9. The van der Waals surface area contributed by atoms with E-state index >= 15 is 0 Å². The van der Waals surface area contributed by atoms with Gasteiger partial charge in [0.25, 0.3) is 0 Å². The van der Waals surface area contributed by atoms with Gasteiger partial charge in [0.15, 0.2) is 12.6 Å². The molecule has 1 saturated heterocycles. The summed E-state index contributed by atoms with van der Waals surface area (Å²) in [5.41, 5.74) is 10.8.